The van der Waals surface area contributed by atoms with Gasteiger partial charge in [0.15, 0.2) is 23.3 Å². The number of carboxylic acids is 1. The molecule has 6 aromatic rings. The molecule has 4 N–H and O–H groups in total. The number of nitrogens with two attached hydrogens (primary N) is 1. The van der Waals surface area contributed by atoms with Gasteiger partial charge in [-0.1, -0.05) is 74.2 Å². The van der Waals surface area contributed by atoms with Crippen LogP contribution < -0.4 is 22.2 Å². The van der Waals surface area contributed by atoms with Gasteiger partial charge in [-0.3, -0.25) is 33.8 Å². The van der Waals surface area contributed by atoms with Crippen molar-refractivity contribution in [3.05, 3.63) is 186 Å². The first kappa shape index (κ1) is 69.0. The SMILES string of the molecule is CCOC(=O)C[C@H](N)c1cc(-c2c(C)cccc2C)cc(F)c1F.CCOC(=O)C[C@H](NC(=O)C(CC1CC1)n1cc(CCN2CC(F)C2)ccc1=O)c1cc(-c2c(C)cccc2C)cc(F)c1F.O=C(O)C(CC1CC1)n1cc(CCN2CC(F)C2)ccc1=O. The average Bonchev–Trinajstić information content (AvgIpc) is 1.36. The third-order valence-corrected chi connectivity index (χ3v) is 17.1. The van der Waals surface area contributed by atoms with E-state index in [0.717, 1.165) is 88.9 Å². The van der Waals surface area contributed by atoms with E-state index in [1.807, 2.05) is 73.9 Å². The molecule has 0 radical (unpaired) electrons. The van der Waals surface area contributed by atoms with Crippen LogP contribution in [-0.2, 0) is 41.5 Å². The lowest BCUT2D eigenvalue weighted by atomic mass is 9.92. The van der Waals surface area contributed by atoms with Crippen LogP contribution in [0.1, 0.15) is 134 Å². The number of carbonyl (C=O) groups is 4. The first-order valence-corrected chi connectivity index (χ1v) is 31.3. The van der Waals surface area contributed by atoms with Gasteiger partial charge in [-0.25, -0.2) is 31.1 Å². The Labute approximate surface area is 526 Å². The quantitative estimate of drug-likeness (QED) is 0.0363. The summed E-state index contributed by atoms with van der Waals surface area (Å²) in [5.74, 6) is -6.35. The molecule has 4 aliphatic rings. The zero-order valence-corrected chi connectivity index (χ0v) is 52.4. The Balaban J connectivity index is 0.000000194. The third-order valence-electron chi connectivity index (χ3n) is 17.1. The molecule has 2 saturated carbocycles. The van der Waals surface area contributed by atoms with Gasteiger partial charge in [0.2, 0.25) is 5.91 Å². The summed E-state index contributed by atoms with van der Waals surface area (Å²) in [6.45, 7) is 14.2. The highest BCUT2D eigenvalue weighted by Crippen LogP contribution is 2.39. The van der Waals surface area contributed by atoms with Crippen LogP contribution in [0.5, 0.6) is 0 Å². The van der Waals surface area contributed by atoms with Crippen LogP contribution in [0.2, 0.25) is 0 Å². The van der Waals surface area contributed by atoms with Gasteiger partial charge < -0.3 is 34.8 Å². The molecular formula is C70H82F6N6O9. The summed E-state index contributed by atoms with van der Waals surface area (Å²) in [7, 11) is 0. The normalized spacial score (nSPS) is 16.4. The van der Waals surface area contributed by atoms with Crippen LogP contribution in [0, 0.1) is 62.8 Å². The van der Waals surface area contributed by atoms with E-state index < -0.39 is 90.0 Å². The molecule has 4 aromatic carbocycles. The van der Waals surface area contributed by atoms with Gasteiger partial charge in [-0.15, -0.1) is 0 Å². The summed E-state index contributed by atoms with van der Waals surface area (Å²) < 4.78 is 97.7. The molecule has 2 saturated heterocycles. The topological polar surface area (TPSA) is 196 Å². The lowest BCUT2D eigenvalue weighted by Crippen LogP contribution is -2.49. The number of carboxylic acid groups (broad SMARTS) is 1. The van der Waals surface area contributed by atoms with Crippen molar-refractivity contribution in [2.75, 3.05) is 52.5 Å². The van der Waals surface area contributed by atoms with Gasteiger partial charge in [0, 0.05) is 81.0 Å². The standard InChI is InChI=1S/C35H40F3N3O4.C19H21F2NO2.C16H21FN2O3/c1-4-45-32(43)17-29(27-15-25(16-28(37)34(27)38)33-21(2)6-5-7-22(33)3)39-35(44)30(14-23-8-9-23)41-18-24(10-11-31(41)42)12-13-40-19-26(36)20-40;1-4-24-17(23)10-16(22)14-8-13(9-15(20)19(14)21)18-11(2)6-5-7-12(18)3;17-13-9-18(10-13)6-5-12-3-4-15(20)19(8-12)14(16(21)22)7-11-1-2-11/h5-7,10-11,15-16,18,23,26,29-30H,4,8-9,12-14,17,19-20H2,1-3H3,(H,39,44);5-9,16H,4,10,22H2,1-3H3;3-4,8,11,13-14H,1-2,5-7,9-10H2,(H,21,22)/t29-,30?;16-;/m00./s1. The summed E-state index contributed by atoms with van der Waals surface area (Å²) in [6, 6.07) is 19.0. The fourth-order valence-corrected chi connectivity index (χ4v) is 11.8. The Kier molecular flexibility index (Phi) is 23.8. The number of pyridine rings is 2. The summed E-state index contributed by atoms with van der Waals surface area (Å²) in [6.07, 6.45) is 7.28. The number of carbonyl (C=O) groups excluding carboxylic acids is 3. The number of hydrogen-bond acceptors (Lipinski definition) is 11. The molecule has 0 spiro atoms. The molecule has 2 aliphatic heterocycles. The minimum absolute atomic E-state index is 0.0271. The molecule has 0 bridgehead atoms. The number of halogens is 6. The molecule has 2 aliphatic carbocycles. The van der Waals surface area contributed by atoms with Gasteiger partial charge >= 0.3 is 17.9 Å². The minimum Gasteiger partial charge on any atom is -0.480 e. The molecule has 4 atom stereocenters. The van der Waals surface area contributed by atoms with E-state index in [1.165, 1.54) is 33.4 Å². The largest absolute Gasteiger partial charge is 0.480 e. The summed E-state index contributed by atoms with van der Waals surface area (Å²) >= 11 is 0. The van der Waals surface area contributed by atoms with E-state index in [9.17, 15) is 51.4 Å². The van der Waals surface area contributed by atoms with Crippen LogP contribution in [0.4, 0.5) is 26.3 Å². The Morgan fingerprint density at radius 3 is 1.42 bits per heavy atom. The maximum Gasteiger partial charge on any atom is 0.326 e. The van der Waals surface area contributed by atoms with Crippen molar-refractivity contribution in [1.29, 1.82) is 0 Å². The second-order valence-corrected chi connectivity index (χ2v) is 24.4. The molecule has 4 heterocycles. The number of aryl methyl sites for hydroxylation is 4. The van der Waals surface area contributed by atoms with Crippen molar-refractivity contribution < 1.29 is 60.1 Å². The van der Waals surface area contributed by atoms with E-state index in [1.54, 1.807) is 38.4 Å². The van der Waals surface area contributed by atoms with E-state index in [0.29, 0.717) is 75.5 Å². The monoisotopic (exact) mass is 1260 g/mol. The molecular weight excluding hydrogens is 1180 g/mol. The fourth-order valence-electron chi connectivity index (χ4n) is 11.8. The first-order chi connectivity index (χ1) is 43.4. The van der Waals surface area contributed by atoms with E-state index in [-0.39, 0.29) is 47.8 Å². The number of nitrogens with one attached hydrogen (secondary N) is 1. The van der Waals surface area contributed by atoms with Crippen molar-refractivity contribution in [3.8, 4) is 22.3 Å². The third kappa shape index (κ3) is 18.7. The average molecular weight is 1270 g/mol. The second-order valence-electron chi connectivity index (χ2n) is 24.4. The highest BCUT2D eigenvalue weighted by Gasteiger charge is 2.35. The molecule has 10 rings (SSSR count). The van der Waals surface area contributed by atoms with Crippen LogP contribution >= 0.6 is 0 Å². The number of ether oxygens (including phenoxy) is 2. The van der Waals surface area contributed by atoms with Crippen LogP contribution in [0.15, 0.2) is 107 Å². The van der Waals surface area contributed by atoms with Gasteiger partial charge in [0.05, 0.1) is 32.1 Å². The maximum atomic E-state index is 15.5. The van der Waals surface area contributed by atoms with E-state index in [4.69, 9.17) is 15.2 Å². The predicted octanol–water partition coefficient (Wildman–Crippen LogP) is 11.4. The number of aliphatic carboxylic acids is 1. The van der Waals surface area contributed by atoms with E-state index in [2.05, 4.69) is 5.32 Å². The van der Waals surface area contributed by atoms with Crippen molar-refractivity contribution in [1.82, 2.24) is 24.3 Å². The number of rotatable bonds is 25. The molecule has 1 amide bonds. The Bertz CT molecular complexity index is 3650. The van der Waals surface area contributed by atoms with E-state index >= 15 is 8.78 Å². The first-order valence-electron chi connectivity index (χ1n) is 31.3. The number of nitrogens with zero attached hydrogens (tertiary/aromatic N) is 4. The summed E-state index contributed by atoms with van der Waals surface area (Å²) in [4.78, 5) is 78.9. The number of amides is 1. The molecule has 15 nitrogen and oxygen atoms in total. The Morgan fingerprint density at radius 2 is 1.00 bits per heavy atom. The molecule has 2 aromatic heterocycles. The fraction of sp³-hybridized carbons (Fsp3) is 0.457. The van der Waals surface area contributed by atoms with Crippen molar-refractivity contribution in [3.63, 3.8) is 0 Å². The zero-order valence-electron chi connectivity index (χ0n) is 52.4. The predicted molar refractivity (Wildman–Crippen MR) is 335 cm³/mol. The van der Waals surface area contributed by atoms with Gasteiger partial charge in [0.25, 0.3) is 11.1 Å². The highest BCUT2D eigenvalue weighted by atomic mass is 19.2. The molecule has 4 fully saturated rings. The number of hydrogen-bond donors (Lipinski definition) is 3. The van der Waals surface area contributed by atoms with Crippen LogP contribution in [0.3, 0.4) is 0 Å². The van der Waals surface area contributed by atoms with Crippen molar-refractivity contribution in [2.45, 2.75) is 142 Å². The van der Waals surface area contributed by atoms with Crippen molar-refractivity contribution in [2.24, 2.45) is 17.6 Å². The minimum atomic E-state index is -1.25. The number of benzene rings is 4. The lowest BCUT2D eigenvalue weighted by Gasteiger charge is -2.34. The van der Waals surface area contributed by atoms with Gasteiger partial charge in [0.1, 0.15) is 24.4 Å². The Morgan fingerprint density at radius 1 is 0.593 bits per heavy atom. The highest BCUT2D eigenvalue weighted by molar-refractivity contribution is 5.82. The number of esters is 2. The van der Waals surface area contributed by atoms with Crippen LogP contribution in [-0.4, -0.2) is 113 Å². The van der Waals surface area contributed by atoms with Crippen LogP contribution in [0.25, 0.3) is 22.3 Å². The maximum absolute atomic E-state index is 15.5. The smallest absolute Gasteiger partial charge is 0.326 e. The lowest BCUT2D eigenvalue weighted by molar-refractivity contribution is -0.144. The summed E-state index contributed by atoms with van der Waals surface area (Å²) in [5.41, 5.74) is 12.9. The number of aromatic nitrogens is 2. The second kappa shape index (κ2) is 31.4. The molecule has 91 heavy (non-hydrogen) atoms. The zero-order chi connectivity index (χ0) is 65.8. The number of alkyl halides is 2. The number of likely N-dealkylation sites (tertiary alicyclic amines) is 2. The summed E-state index contributed by atoms with van der Waals surface area (Å²) in [5, 5.41) is 12.2. The molecule has 21 heteroatoms. The van der Waals surface area contributed by atoms with Gasteiger partial charge in [-0.2, -0.15) is 0 Å². The Hall–Kier alpha value is -7.88. The van der Waals surface area contributed by atoms with Crippen molar-refractivity contribution >= 4 is 23.8 Å². The van der Waals surface area contributed by atoms with Gasteiger partial charge in [-0.05, 0) is 159 Å². The molecule has 488 valence electrons. The molecule has 2 unspecified atom stereocenters.